The molecule has 1 N–H and O–H groups in total. The molecule has 24 heavy (non-hydrogen) atoms. The highest BCUT2D eigenvalue weighted by molar-refractivity contribution is 5.87. The van der Waals surface area contributed by atoms with E-state index in [2.05, 4.69) is 19.1 Å². The average Bonchev–Trinajstić information content (AvgIpc) is 2.61. The van der Waals surface area contributed by atoms with Gasteiger partial charge < -0.3 is 9.84 Å². The van der Waals surface area contributed by atoms with Crippen LogP contribution < -0.4 is 4.74 Å². The fourth-order valence-corrected chi connectivity index (χ4v) is 2.57. The molecule has 0 aliphatic heterocycles. The minimum atomic E-state index is -0.883. The zero-order valence-electron chi connectivity index (χ0n) is 14.3. The van der Waals surface area contributed by atoms with Gasteiger partial charge in [-0.05, 0) is 54.7 Å². The smallest absolute Gasteiger partial charge is 0.335 e. The topological polar surface area (TPSA) is 46.5 Å². The van der Waals surface area contributed by atoms with E-state index in [0.29, 0.717) is 5.56 Å². The minimum absolute atomic E-state index is 0.333. The van der Waals surface area contributed by atoms with E-state index in [0.717, 1.165) is 37.2 Å². The maximum atomic E-state index is 10.8. The first kappa shape index (κ1) is 18.1. The van der Waals surface area contributed by atoms with Crippen LogP contribution in [0.4, 0.5) is 0 Å². The Labute approximate surface area is 144 Å². The van der Waals surface area contributed by atoms with Gasteiger partial charge in [-0.2, -0.15) is 0 Å². The van der Waals surface area contributed by atoms with Crippen LogP contribution in [-0.4, -0.2) is 17.7 Å². The van der Waals surface area contributed by atoms with E-state index in [-0.39, 0.29) is 0 Å². The largest absolute Gasteiger partial charge is 0.494 e. The van der Waals surface area contributed by atoms with Crippen LogP contribution in [0.5, 0.6) is 5.75 Å². The van der Waals surface area contributed by atoms with Crippen LogP contribution in [0.2, 0.25) is 0 Å². The maximum absolute atomic E-state index is 10.8. The second kappa shape index (κ2) is 9.76. The molecule has 0 heterocycles. The molecule has 0 fully saturated rings. The van der Waals surface area contributed by atoms with Crippen LogP contribution in [0, 0.1) is 0 Å². The molecule has 0 saturated carbocycles. The Kier molecular flexibility index (Phi) is 7.34. The monoisotopic (exact) mass is 326 g/mol. The highest BCUT2D eigenvalue weighted by Crippen LogP contribution is 2.15. The number of hydrogen-bond acceptors (Lipinski definition) is 2. The van der Waals surface area contributed by atoms with Crippen molar-refractivity contribution in [2.45, 2.75) is 45.4 Å². The first-order chi connectivity index (χ1) is 11.7. The third kappa shape index (κ3) is 6.07. The van der Waals surface area contributed by atoms with Crippen molar-refractivity contribution in [1.82, 2.24) is 0 Å². The molecule has 2 rings (SSSR count). The molecule has 3 nitrogen and oxygen atoms in total. The number of carboxylic acids is 1. The summed E-state index contributed by atoms with van der Waals surface area (Å²) in [6.45, 7) is 3.00. The van der Waals surface area contributed by atoms with E-state index in [9.17, 15) is 4.79 Å². The first-order valence-electron chi connectivity index (χ1n) is 8.73. The Balaban J connectivity index is 1.76. The summed E-state index contributed by atoms with van der Waals surface area (Å²) in [5.74, 6) is 0.0490. The second-order valence-electron chi connectivity index (χ2n) is 6.06. The van der Waals surface area contributed by atoms with E-state index in [4.69, 9.17) is 9.84 Å². The number of carboxylic acid groups (broad SMARTS) is 1. The minimum Gasteiger partial charge on any atom is -0.494 e. The van der Waals surface area contributed by atoms with Gasteiger partial charge in [0.05, 0.1) is 12.2 Å². The summed E-state index contributed by atoms with van der Waals surface area (Å²) >= 11 is 0. The molecule has 128 valence electrons. The summed E-state index contributed by atoms with van der Waals surface area (Å²) in [5, 5.41) is 8.90. The summed E-state index contributed by atoms with van der Waals surface area (Å²) in [4.78, 5) is 10.8. The summed E-state index contributed by atoms with van der Waals surface area (Å²) in [6, 6.07) is 15.4. The molecule has 0 unspecified atom stereocenters. The lowest BCUT2D eigenvalue weighted by atomic mass is 10.0. The Morgan fingerprint density at radius 1 is 0.875 bits per heavy atom. The summed E-state index contributed by atoms with van der Waals surface area (Å²) in [7, 11) is 0. The van der Waals surface area contributed by atoms with Gasteiger partial charge in [0.2, 0.25) is 0 Å². The molecule has 3 heteroatoms. The molecule has 0 aliphatic carbocycles. The number of benzene rings is 2. The quantitative estimate of drug-likeness (QED) is 0.616. The summed E-state index contributed by atoms with van der Waals surface area (Å²) in [5.41, 5.74) is 2.74. The van der Waals surface area contributed by atoms with Crippen molar-refractivity contribution >= 4 is 5.97 Å². The van der Waals surface area contributed by atoms with E-state index >= 15 is 0 Å². The Morgan fingerprint density at radius 2 is 1.46 bits per heavy atom. The lowest BCUT2D eigenvalue weighted by molar-refractivity contribution is 0.0697. The summed E-state index contributed by atoms with van der Waals surface area (Å²) < 4.78 is 5.75. The highest BCUT2D eigenvalue weighted by Gasteiger charge is 2.02. The number of carbonyl (C=O) groups is 1. The second-order valence-corrected chi connectivity index (χ2v) is 6.06. The van der Waals surface area contributed by atoms with E-state index in [1.165, 1.54) is 24.8 Å². The van der Waals surface area contributed by atoms with Gasteiger partial charge in [0.25, 0.3) is 0 Å². The first-order valence-corrected chi connectivity index (χ1v) is 8.73. The summed E-state index contributed by atoms with van der Waals surface area (Å²) in [6.07, 6.45) is 6.70. The lowest BCUT2D eigenvalue weighted by Crippen LogP contribution is -1.98. The maximum Gasteiger partial charge on any atom is 0.335 e. The number of aryl methyl sites for hydroxylation is 2. The van der Waals surface area contributed by atoms with Gasteiger partial charge in [-0.15, -0.1) is 0 Å². The number of ether oxygens (including phenoxy) is 1. The van der Waals surface area contributed by atoms with Crippen LogP contribution in [0.3, 0.4) is 0 Å². The Morgan fingerprint density at radius 3 is 2.00 bits per heavy atom. The molecular weight excluding hydrogens is 300 g/mol. The Bertz CT molecular complexity index is 615. The van der Waals surface area contributed by atoms with Crippen LogP contribution in [0.25, 0.3) is 0 Å². The van der Waals surface area contributed by atoms with Gasteiger partial charge in [-0.25, -0.2) is 4.79 Å². The number of rotatable bonds is 10. The van der Waals surface area contributed by atoms with Gasteiger partial charge in [0, 0.05) is 0 Å². The highest BCUT2D eigenvalue weighted by atomic mass is 16.5. The van der Waals surface area contributed by atoms with Crippen molar-refractivity contribution in [3.05, 3.63) is 65.2 Å². The molecular formula is C21H26O3. The molecule has 0 aliphatic rings. The predicted octanol–water partition coefficient (Wildman–Crippen LogP) is 5.13. The number of aromatic carboxylic acids is 1. The van der Waals surface area contributed by atoms with Gasteiger partial charge >= 0.3 is 5.97 Å². The Hall–Kier alpha value is -2.29. The third-order valence-corrected chi connectivity index (χ3v) is 4.09. The van der Waals surface area contributed by atoms with Crippen LogP contribution in [0.15, 0.2) is 48.5 Å². The van der Waals surface area contributed by atoms with Crippen molar-refractivity contribution in [1.29, 1.82) is 0 Å². The van der Waals surface area contributed by atoms with Crippen molar-refractivity contribution in [2.75, 3.05) is 6.61 Å². The zero-order valence-corrected chi connectivity index (χ0v) is 14.3. The lowest BCUT2D eigenvalue weighted by Gasteiger charge is -2.07. The molecule has 0 saturated heterocycles. The molecule has 2 aromatic rings. The number of unbranched alkanes of at least 4 members (excludes halogenated alkanes) is 3. The van der Waals surface area contributed by atoms with Crippen molar-refractivity contribution in [3.63, 3.8) is 0 Å². The number of hydrogen-bond donors (Lipinski definition) is 1. The zero-order chi connectivity index (χ0) is 17.2. The van der Waals surface area contributed by atoms with Crippen LogP contribution in [-0.2, 0) is 12.8 Å². The van der Waals surface area contributed by atoms with Crippen LogP contribution >= 0.6 is 0 Å². The molecule has 0 atom stereocenters. The molecule has 2 aromatic carbocycles. The third-order valence-electron chi connectivity index (χ3n) is 4.09. The van der Waals surface area contributed by atoms with Gasteiger partial charge in [-0.1, -0.05) is 50.5 Å². The van der Waals surface area contributed by atoms with Crippen molar-refractivity contribution in [3.8, 4) is 5.75 Å². The van der Waals surface area contributed by atoms with Gasteiger partial charge in [-0.3, -0.25) is 0 Å². The van der Waals surface area contributed by atoms with Crippen molar-refractivity contribution in [2.24, 2.45) is 0 Å². The fourth-order valence-electron chi connectivity index (χ4n) is 2.57. The van der Waals surface area contributed by atoms with Gasteiger partial charge in [0.15, 0.2) is 0 Å². The van der Waals surface area contributed by atoms with Crippen LogP contribution in [0.1, 0.15) is 54.1 Å². The average molecular weight is 326 g/mol. The molecule has 0 bridgehead atoms. The fraction of sp³-hybridized carbons (Fsp3) is 0.381. The molecule has 0 spiro atoms. The molecule has 0 amide bonds. The molecule has 0 radical (unpaired) electrons. The predicted molar refractivity (Wildman–Crippen MR) is 96.9 cm³/mol. The molecule has 0 aromatic heterocycles. The normalized spacial score (nSPS) is 10.5. The van der Waals surface area contributed by atoms with Crippen molar-refractivity contribution < 1.29 is 14.6 Å². The van der Waals surface area contributed by atoms with E-state index in [1.54, 1.807) is 12.1 Å². The van der Waals surface area contributed by atoms with E-state index in [1.807, 2.05) is 24.3 Å². The van der Waals surface area contributed by atoms with E-state index < -0.39 is 5.97 Å². The SMILES string of the molecule is CCCCCCOc1ccc(CCc2ccc(C(=O)O)cc2)cc1. The van der Waals surface area contributed by atoms with Gasteiger partial charge in [0.1, 0.15) is 5.75 Å². The standard InChI is InChI=1S/C21H26O3/c1-2-3-4-5-16-24-20-14-10-18(11-15-20)7-6-17-8-12-19(13-9-17)21(22)23/h8-15H,2-7,16H2,1H3,(H,22,23).